The van der Waals surface area contributed by atoms with Crippen molar-refractivity contribution in [3.8, 4) is 5.75 Å². The second-order valence-electron chi connectivity index (χ2n) is 10.1. The molecule has 0 bridgehead atoms. The molecule has 1 unspecified atom stereocenters. The van der Waals surface area contributed by atoms with Gasteiger partial charge in [-0.3, -0.25) is 14.4 Å². The highest BCUT2D eigenvalue weighted by atomic mass is 16.5. The molecule has 0 radical (unpaired) electrons. The van der Waals surface area contributed by atoms with Crippen molar-refractivity contribution in [3.63, 3.8) is 0 Å². The lowest BCUT2D eigenvalue weighted by Gasteiger charge is -2.44. The fourth-order valence-corrected chi connectivity index (χ4v) is 5.10. The van der Waals surface area contributed by atoms with Gasteiger partial charge in [0.25, 0.3) is 11.8 Å². The molecule has 2 N–H and O–H groups in total. The van der Waals surface area contributed by atoms with Crippen molar-refractivity contribution in [1.82, 2.24) is 25.1 Å². The van der Waals surface area contributed by atoms with Gasteiger partial charge in [0.05, 0.1) is 20.0 Å². The highest BCUT2D eigenvalue weighted by Crippen LogP contribution is 2.39. The minimum Gasteiger partial charge on any atom is -0.496 e. The largest absolute Gasteiger partial charge is 0.496 e. The third-order valence-electron chi connectivity index (χ3n) is 7.40. The fraction of sp³-hybridized carbons (Fsp3) is 0.379. The summed E-state index contributed by atoms with van der Waals surface area (Å²) >= 11 is 0. The fourth-order valence-electron chi connectivity index (χ4n) is 5.10. The molecule has 198 valence electrons. The average Bonchev–Trinajstić information content (AvgIpc) is 3.68. The van der Waals surface area contributed by atoms with Gasteiger partial charge in [-0.25, -0.2) is 4.98 Å². The Bertz CT molecular complexity index is 1360. The number of nitrogens with one attached hydrogen (secondary N) is 2. The van der Waals surface area contributed by atoms with Crippen LogP contribution in [-0.2, 0) is 30.8 Å². The van der Waals surface area contributed by atoms with Crippen LogP contribution in [0, 0.1) is 0 Å². The van der Waals surface area contributed by atoms with E-state index >= 15 is 0 Å². The van der Waals surface area contributed by atoms with Crippen molar-refractivity contribution in [2.45, 2.75) is 64.3 Å². The van der Waals surface area contributed by atoms with E-state index in [-0.39, 0.29) is 42.3 Å². The molecule has 1 saturated carbocycles. The van der Waals surface area contributed by atoms with E-state index in [0.29, 0.717) is 12.3 Å². The summed E-state index contributed by atoms with van der Waals surface area (Å²) in [6.07, 6.45) is 4.08. The summed E-state index contributed by atoms with van der Waals surface area (Å²) in [5.74, 6) is -0.328. The molecule has 3 amide bonds. The molecule has 9 nitrogen and oxygen atoms in total. The number of aromatic nitrogens is 2. The number of nitrogens with zero attached hydrogens (tertiary/aromatic N) is 3. The Morgan fingerprint density at radius 1 is 1.05 bits per heavy atom. The summed E-state index contributed by atoms with van der Waals surface area (Å²) in [5.41, 5.74) is 2.23. The number of rotatable bonds is 9. The van der Waals surface area contributed by atoms with E-state index in [1.54, 1.807) is 23.5 Å². The van der Waals surface area contributed by atoms with Gasteiger partial charge in [-0.1, -0.05) is 49.4 Å². The number of carbonyl (C=O) groups is 3. The van der Waals surface area contributed by atoms with Crippen LogP contribution in [0.1, 0.15) is 64.4 Å². The number of fused-ring (bicyclic) bond motifs is 1. The molecule has 1 aliphatic heterocycles. The second-order valence-corrected chi connectivity index (χ2v) is 10.1. The molecular formula is C29H33N5O4. The van der Waals surface area contributed by atoms with Crippen molar-refractivity contribution in [2.75, 3.05) is 7.11 Å². The number of hydrogen-bond acceptors (Lipinski definition) is 5. The van der Waals surface area contributed by atoms with Crippen molar-refractivity contribution in [2.24, 2.45) is 0 Å². The maximum absolute atomic E-state index is 13.8. The lowest BCUT2D eigenvalue weighted by Crippen LogP contribution is -2.64. The molecule has 0 spiro atoms. The van der Waals surface area contributed by atoms with Gasteiger partial charge < -0.3 is 24.8 Å². The number of benzene rings is 2. The molecule has 9 heteroatoms. The van der Waals surface area contributed by atoms with Crippen LogP contribution >= 0.6 is 0 Å². The molecule has 3 aromatic rings. The Hall–Kier alpha value is -4.14. The molecule has 38 heavy (non-hydrogen) atoms. The summed E-state index contributed by atoms with van der Waals surface area (Å²) in [5, 5.41) is 5.88. The number of methoxy groups -OCH3 is 1. The Kier molecular flexibility index (Phi) is 6.93. The van der Waals surface area contributed by atoms with Gasteiger partial charge in [0.15, 0.2) is 5.69 Å². The van der Waals surface area contributed by atoms with Gasteiger partial charge in [-0.2, -0.15) is 0 Å². The molecule has 0 saturated heterocycles. The third kappa shape index (κ3) is 4.76. The number of amides is 3. The summed E-state index contributed by atoms with van der Waals surface area (Å²) in [6, 6.07) is 15.5. The van der Waals surface area contributed by atoms with Crippen LogP contribution in [0.3, 0.4) is 0 Å². The van der Waals surface area contributed by atoms with E-state index in [2.05, 4.69) is 22.5 Å². The molecule has 2 aliphatic rings. The van der Waals surface area contributed by atoms with Crippen LogP contribution < -0.4 is 15.4 Å². The average molecular weight is 516 g/mol. The Balaban J connectivity index is 1.34. The number of ether oxygens (including phenoxy) is 1. The molecule has 1 fully saturated rings. The number of imidazole rings is 1. The van der Waals surface area contributed by atoms with E-state index < -0.39 is 11.4 Å². The number of para-hydroxylation sites is 1. The van der Waals surface area contributed by atoms with Crippen molar-refractivity contribution >= 4 is 17.7 Å². The van der Waals surface area contributed by atoms with E-state index in [4.69, 9.17) is 4.74 Å². The predicted molar refractivity (Wildman–Crippen MR) is 142 cm³/mol. The molecular weight excluding hydrogens is 482 g/mol. The third-order valence-corrected chi connectivity index (χ3v) is 7.40. The zero-order valence-corrected chi connectivity index (χ0v) is 22.0. The second kappa shape index (κ2) is 10.3. The number of hydrogen-bond donors (Lipinski definition) is 2. The SMILES string of the molecule is CCc1ccc(CNC(=O)c2ncn3c2C(=O)N(C2CC2)C(C)(C(=O)NCc2ccccc2OC)C3)cc1. The summed E-state index contributed by atoms with van der Waals surface area (Å²) in [7, 11) is 1.59. The minimum atomic E-state index is -1.12. The lowest BCUT2D eigenvalue weighted by atomic mass is 9.93. The van der Waals surface area contributed by atoms with Crippen LogP contribution in [0.15, 0.2) is 54.9 Å². The zero-order valence-electron chi connectivity index (χ0n) is 22.0. The van der Waals surface area contributed by atoms with Crippen LogP contribution in [0.5, 0.6) is 5.75 Å². The monoisotopic (exact) mass is 515 g/mol. The first-order valence-electron chi connectivity index (χ1n) is 13.0. The molecule has 1 aromatic heterocycles. The first kappa shape index (κ1) is 25.5. The predicted octanol–water partition coefficient (Wildman–Crippen LogP) is 3.08. The van der Waals surface area contributed by atoms with Gasteiger partial charge in [0, 0.05) is 24.7 Å². The van der Waals surface area contributed by atoms with Crippen LogP contribution in [-0.4, -0.2) is 50.9 Å². The van der Waals surface area contributed by atoms with Gasteiger partial charge in [0.2, 0.25) is 5.91 Å². The zero-order chi connectivity index (χ0) is 26.9. The summed E-state index contributed by atoms with van der Waals surface area (Å²) in [4.78, 5) is 46.4. The maximum atomic E-state index is 13.8. The van der Waals surface area contributed by atoms with E-state index in [1.807, 2.05) is 48.5 Å². The van der Waals surface area contributed by atoms with Crippen molar-refractivity contribution in [1.29, 1.82) is 0 Å². The topological polar surface area (TPSA) is 106 Å². The quantitative estimate of drug-likeness (QED) is 0.456. The minimum absolute atomic E-state index is 0.0406. The molecule has 2 heterocycles. The molecule has 5 rings (SSSR count). The highest BCUT2D eigenvalue weighted by Gasteiger charge is 2.53. The summed E-state index contributed by atoms with van der Waals surface area (Å²) in [6.45, 7) is 4.69. The van der Waals surface area contributed by atoms with E-state index in [0.717, 1.165) is 30.4 Å². The van der Waals surface area contributed by atoms with Gasteiger partial charge in [-0.05, 0) is 43.4 Å². The van der Waals surface area contributed by atoms with E-state index in [1.165, 1.54) is 11.9 Å². The molecule has 1 aliphatic carbocycles. The number of aryl methyl sites for hydroxylation is 1. The van der Waals surface area contributed by atoms with Crippen molar-refractivity contribution in [3.05, 3.63) is 82.9 Å². The first-order valence-corrected chi connectivity index (χ1v) is 13.0. The Morgan fingerprint density at radius 3 is 2.45 bits per heavy atom. The van der Waals surface area contributed by atoms with E-state index in [9.17, 15) is 14.4 Å². The van der Waals surface area contributed by atoms with Gasteiger partial charge >= 0.3 is 0 Å². The smallest absolute Gasteiger partial charge is 0.274 e. The molecule has 1 atom stereocenters. The summed E-state index contributed by atoms with van der Waals surface area (Å²) < 4.78 is 7.03. The first-order chi connectivity index (χ1) is 18.4. The Labute approximate surface area is 222 Å². The van der Waals surface area contributed by atoms with Crippen molar-refractivity contribution < 1.29 is 19.1 Å². The molecule has 2 aromatic carbocycles. The Morgan fingerprint density at radius 2 is 1.76 bits per heavy atom. The van der Waals surface area contributed by atoms with Gasteiger partial charge in [0.1, 0.15) is 17.0 Å². The number of carbonyl (C=O) groups excluding carboxylic acids is 3. The highest BCUT2D eigenvalue weighted by molar-refractivity contribution is 6.07. The lowest BCUT2D eigenvalue weighted by molar-refractivity contribution is -0.133. The normalized spacial score (nSPS) is 18.6. The maximum Gasteiger partial charge on any atom is 0.274 e. The van der Waals surface area contributed by atoms with Crippen LogP contribution in [0.2, 0.25) is 0 Å². The van der Waals surface area contributed by atoms with Crippen LogP contribution in [0.4, 0.5) is 0 Å². The standard InChI is InChI=1S/C29H33N5O4/c1-4-19-9-11-20(12-10-19)15-30-26(35)24-25-27(36)34(22-13-14-22)29(2,17-33(25)18-32-24)28(37)31-16-21-7-5-6-8-23(21)38-3/h5-12,18,22H,4,13-17H2,1-3H3,(H,30,35)(H,31,37). The van der Waals surface area contributed by atoms with Crippen LogP contribution in [0.25, 0.3) is 0 Å². The van der Waals surface area contributed by atoms with Gasteiger partial charge in [-0.15, -0.1) is 0 Å².